The minimum atomic E-state index is 0.497. The fourth-order valence-corrected chi connectivity index (χ4v) is 1.13. The van der Waals surface area contributed by atoms with Crippen molar-refractivity contribution in [1.29, 1.82) is 0 Å². The third-order valence-corrected chi connectivity index (χ3v) is 1.84. The summed E-state index contributed by atoms with van der Waals surface area (Å²) in [5.41, 5.74) is 0. The van der Waals surface area contributed by atoms with Gasteiger partial charge in [0.1, 0.15) is 11.5 Å². The molecule has 1 aromatic heterocycles. The summed E-state index contributed by atoms with van der Waals surface area (Å²) in [5.74, 6) is 1.85. The zero-order valence-electron chi connectivity index (χ0n) is 8.31. The zero-order valence-corrected chi connectivity index (χ0v) is 8.31. The Labute approximate surface area is 88.3 Å². The van der Waals surface area contributed by atoms with Crippen molar-refractivity contribution in [3.8, 4) is 17.4 Å². The molecule has 3 heteroatoms. The molecule has 2 aromatic rings. The second-order valence-electron chi connectivity index (χ2n) is 2.86. The molecule has 0 aliphatic rings. The van der Waals surface area contributed by atoms with Crippen molar-refractivity contribution < 1.29 is 9.47 Å². The van der Waals surface area contributed by atoms with Crippen LogP contribution in [0.15, 0.2) is 42.6 Å². The molecule has 0 aliphatic heterocycles. The molecule has 0 amide bonds. The highest BCUT2D eigenvalue weighted by Gasteiger charge is 1.99. The summed E-state index contributed by atoms with van der Waals surface area (Å²) in [6, 6.07) is 13.8. The number of benzene rings is 1. The average molecular weight is 200 g/mol. The van der Waals surface area contributed by atoms with Crippen molar-refractivity contribution in [3.05, 3.63) is 48.7 Å². The predicted octanol–water partition coefficient (Wildman–Crippen LogP) is 2.68. The Morgan fingerprint density at radius 1 is 1.27 bits per heavy atom. The predicted molar refractivity (Wildman–Crippen MR) is 56.1 cm³/mol. The number of nitrogens with zero attached hydrogens (tertiary/aromatic N) is 1. The van der Waals surface area contributed by atoms with Crippen molar-refractivity contribution in [3.63, 3.8) is 0 Å². The van der Waals surface area contributed by atoms with Gasteiger partial charge >= 0.3 is 0 Å². The summed E-state index contributed by atoms with van der Waals surface area (Å²) >= 11 is 0. The van der Waals surface area contributed by atoms with E-state index in [4.69, 9.17) is 9.47 Å². The molecule has 2 rings (SSSR count). The Hall–Kier alpha value is -2.03. The maximum Gasteiger partial charge on any atom is 0.222 e. The van der Waals surface area contributed by atoms with E-state index in [9.17, 15) is 0 Å². The summed E-state index contributed by atoms with van der Waals surface area (Å²) in [6.07, 6.45) is 1.64. The van der Waals surface area contributed by atoms with Gasteiger partial charge in [-0.1, -0.05) is 18.2 Å². The van der Waals surface area contributed by atoms with Gasteiger partial charge in [-0.05, 0) is 12.1 Å². The van der Waals surface area contributed by atoms with Gasteiger partial charge in [0.05, 0.1) is 7.11 Å². The van der Waals surface area contributed by atoms with Crippen LogP contribution in [0.2, 0.25) is 0 Å². The topological polar surface area (TPSA) is 31.4 Å². The number of pyridine rings is 1. The van der Waals surface area contributed by atoms with E-state index in [0.717, 1.165) is 5.75 Å². The summed E-state index contributed by atoms with van der Waals surface area (Å²) < 4.78 is 10.5. The molecule has 75 valence electrons. The Balaban J connectivity index is 2.17. The molecule has 0 fully saturated rings. The lowest BCUT2D eigenvalue weighted by atomic mass is 10.3. The van der Waals surface area contributed by atoms with Crippen molar-refractivity contribution >= 4 is 0 Å². The van der Waals surface area contributed by atoms with Crippen LogP contribution in [0.25, 0.3) is 0 Å². The molecular weight excluding hydrogens is 190 g/mol. The third-order valence-electron chi connectivity index (χ3n) is 1.84. The molecule has 1 heterocycles. The lowest BCUT2D eigenvalue weighted by Gasteiger charge is -2.05. The first-order valence-corrected chi connectivity index (χ1v) is 4.53. The number of aromatic nitrogens is 1. The molecule has 0 atom stereocenters. The molecule has 0 bridgehead atoms. The number of para-hydroxylation sites is 1. The van der Waals surface area contributed by atoms with E-state index in [1.807, 2.05) is 18.2 Å². The van der Waals surface area contributed by atoms with Crippen molar-refractivity contribution in [2.45, 2.75) is 0 Å². The van der Waals surface area contributed by atoms with Gasteiger partial charge in [-0.15, -0.1) is 0 Å². The molecular formula is C12H10NO2. The number of ether oxygens (including phenoxy) is 2. The highest BCUT2D eigenvalue weighted by atomic mass is 16.5. The van der Waals surface area contributed by atoms with Crippen LogP contribution in [-0.2, 0) is 0 Å². The molecule has 0 N–H and O–H groups in total. The van der Waals surface area contributed by atoms with Gasteiger partial charge < -0.3 is 9.47 Å². The van der Waals surface area contributed by atoms with Gasteiger partial charge in [0.15, 0.2) is 0 Å². The van der Waals surface area contributed by atoms with E-state index in [1.54, 1.807) is 31.5 Å². The van der Waals surface area contributed by atoms with Crippen LogP contribution in [0.3, 0.4) is 0 Å². The molecule has 1 aromatic carbocycles. The summed E-state index contributed by atoms with van der Waals surface area (Å²) in [4.78, 5) is 4.06. The van der Waals surface area contributed by atoms with Crippen LogP contribution in [-0.4, -0.2) is 12.1 Å². The lowest BCUT2D eigenvalue weighted by Crippen LogP contribution is -1.89. The summed E-state index contributed by atoms with van der Waals surface area (Å²) in [6.45, 7) is 0. The minimum absolute atomic E-state index is 0.497. The van der Waals surface area contributed by atoms with Crippen LogP contribution in [0.1, 0.15) is 0 Å². The fraction of sp³-hybridized carbons (Fsp3) is 0.0833. The third kappa shape index (κ3) is 2.47. The van der Waals surface area contributed by atoms with E-state index in [-0.39, 0.29) is 0 Å². The fourth-order valence-electron chi connectivity index (χ4n) is 1.13. The van der Waals surface area contributed by atoms with E-state index in [1.165, 1.54) is 0 Å². The number of hydrogen-bond donors (Lipinski definition) is 0. The van der Waals surface area contributed by atoms with Gasteiger partial charge in [0, 0.05) is 18.3 Å². The molecule has 15 heavy (non-hydrogen) atoms. The first kappa shape index (κ1) is 9.52. The molecule has 0 saturated heterocycles. The Morgan fingerprint density at radius 2 is 2.20 bits per heavy atom. The van der Waals surface area contributed by atoms with E-state index in [0.29, 0.717) is 11.6 Å². The van der Waals surface area contributed by atoms with Crippen LogP contribution in [0.5, 0.6) is 17.4 Å². The average Bonchev–Trinajstić information content (AvgIpc) is 2.31. The molecule has 0 unspecified atom stereocenters. The van der Waals surface area contributed by atoms with Crippen LogP contribution in [0, 0.1) is 6.07 Å². The van der Waals surface area contributed by atoms with E-state index < -0.39 is 0 Å². The second kappa shape index (κ2) is 4.46. The molecule has 0 spiro atoms. The number of hydrogen-bond acceptors (Lipinski definition) is 3. The summed E-state index contributed by atoms with van der Waals surface area (Å²) in [7, 11) is 1.60. The molecule has 3 nitrogen and oxygen atoms in total. The molecule has 0 aliphatic carbocycles. The SMILES string of the molecule is COc1ccnc(Oc2[c]cccc2)c1. The van der Waals surface area contributed by atoms with Gasteiger partial charge in [-0.3, -0.25) is 0 Å². The quantitative estimate of drug-likeness (QED) is 0.763. The Kier molecular flexibility index (Phi) is 2.83. The van der Waals surface area contributed by atoms with Crippen molar-refractivity contribution in [1.82, 2.24) is 4.98 Å². The highest BCUT2D eigenvalue weighted by Crippen LogP contribution is 2.21. The van der Waals surface area contributed by atoms with Crippen molar-refractivity contribution in [2.75, 3.05) is 7.11 Å². The van der Waals surface area contributed by atoms with Gasteiger partial charge in [-0.2, -0.15) is 0 Å². The van der Waals surface area contributed by atoms with E-state index in [2.05, 4.69) is 11.1 Å². The van der Waals surface area contributed by atoms with Crippen LogP contribution >= 0.6 is 0 Å². The van der Waals surface area contributed by atoms with Crippen molar-refractivity contribution in [2.24, 2.45) is 0 Å². The standard InChI is InChI=1S/C12H10NO2/c1-14-11-7-8-13-12(9-11)15-10-5-3-2-4-6-10/h2-5,7-9H,1H3. The second-order valence-corrected chi connectivity index (χ2v) is 2.86. The first-order chi connectivity index (χ1) is 7.38. The Bertz CT molecular complexity index is 429. The Morgan fingerprint density at radius 3 is 2.93 bits per heavy atom. The largest absolute Gasteiger partial charge is 0.497 e. The highest BCUT2D eigenvalue weighted by molar-refractivity contribution is 5.30. The van der Waals surface area contributed by atoms with Gasteiger partial charge in [-0.25, -0.2) is 4.98 Å². The van der Waals surface area contributed by atoms with Crippen LogP contribution in [0.4, 0.5) is 0 Å². The maximum absolute atomic E-state index is 5.47. The van der Waals surface area contributed by atoms with Gasteiger partial charge in [0.2, 0.25) is 5.88 Å². The number of rotatable bonds is 3. The smallest absolute Gasteiger partial charge is 0.222 e. The zero-order chi connectivity index (χ0) is 10.5. The van der Waals surface area contributed by atoms with Gasteiger partial charge in [0.25, 0.3) is 0 Å². The first-order valence-electron chi connectivity index (χ1n) is 4.53. The maximum atomic E-state index is 5.47. The minimum Gasteiger partial charge on any atom is -0.497 e. The monoisotopic (exact) mass is 200 g/mol. The lowest BCUT2D eigenvalue weighted by molar-refractivity contribution is 0.405. The number of methoxy groups -OCH3 is 1. The summed E-state index contributed by atoms with van der Waals surface area (Å²) in [5, 5.41) is 0. The molecule has 1 radical (unpaired) electrons. The van der Waals surface area contributed by atoms with E-state index >= 15 is 0 Å². The molecule has 0 saturated carbocycles. The van der Waals surface area contributed by atoms with Crippen LogP contribution < -0.4 is 9.47 Å². The normalized spacial score (nSPS) is 9.67.